The van der Waals surface area contributed by atoms with Gasteiger partial charge < -0.3 is 10.1 Å². The molecule has 0 radical (unpaired) electrons. The minimum absolute atomic E-state index is 0.0124. The number of benzene rings is 1. The molecule has 2 aromatic rings. The molecule has 7 heteroatoms. The van der Waals surface area contributed by atoms with Gasteiger partial charge in [-0.2, -0.15) is 4.98 Å². The van der Waals surface area contributed by atoms with Crippen molar-refractivity contribution in [2.24, 2.45) is 0 Å². The molecule has 0 bridgehead atoms. The van der Waals surface area contributed by atoms with Gasteiger partial charge in [-0.1, -0.05) is 29.3 Å². The van der Waals surface area contributed by atoms with E-state index < -0.39 is 0 Å². The lowest BCUT2D eigenvalue weighted by atomic mass is 10.2. The number of rotatable bonds is 5. The summed E-state index contributed by atoms with van der Waals surface area (Å²) in [5.74, 6) is 1.21. The molecule has 5 nitrogen and oxygen atoms in total. The molecular formula is C13H14Cl2N4O. The Bertz CT molecular complexity index is 577. The molecule has 0 saturated heterocycles. The topological polar surface area (TPSA) is 59.9 Å². The lowest BCUT2D eigenvalue weighted by Gasteiger charge is -2.15. The van der Waals surface area contributed by atoms with Crippen LogP contribution in [0.15, 0.2) is 24.3 Å². The molecule has 2 rings (SSSR count). The highest BCUT2D eigenvalue weighted by Crippen LogP contribution is 2.18. The normalized spacial score (nSPS) is 12.0. The van der Waals surface area contributed by atoms with Crippen LogP contribution in [0, 0.1) is 6.92 Å². The molecule has 1 unspecified atom stereocenters. The highest BCUT2D eigenvalue weighted by Gasteiger charge is 2.10. The molecule has 0 fully saturated rings. The van der Waals surface area contributed by atoms with E-state index in [-0.39, 0.29) is 16.5 Å². The van der Waals surface area contributed by atoms with Crippen LogP contribution in [0.2, 0.25) is 10.4 Å². The quantitative estimate of drug-likeness (QED) is 0.917. The lowest BCUT2D eigenvalue weighted by molar-refractivity contribution is 0.303. The maximum atomic E-state index is 5.88. The minimum atomic E-state index is -0.0124. The van der Waals surface area contributed by atoms with Crippen LogP contribution < -0.4 is 10.1 Å². The number of ether oxygens (including phenoxy) is 1. The largest absolute Gasteiger partial charge is 0.491 e. The summed E-state index contributed by atoms with van der Waals surface area (Å²) in [4.78, 5) is 3.97. The SMILES string of the molecule is Cc1ccc(OCC(C)Nc2nc(Cl)nnc2Cl)cc1. The lowest BCUT2D eigenvalue weighted by Crippen LogP contribution is -2.24. The van der Waals surface area contributed by atoms with E-state index in [9.17, 15) is 0 Å². The summed E-state index contributed by atoms with van der Waals surface area (Å²) in [6.07, 6.45) is 0. The molecule has 0 spiro atoms. The van der Waals surface area contributed by atoms with E-state index in [1.54, 1.807) is 0 Å². The zero-order chi connectivity index (χ0) is 14.5. The summed E-state index contributed by atoms with van der Waals surface area (Å²) in [5, 5.41) is 10.5. The number of hydrogen-bond acceptors (Lipinski definition) is 5. The smallest absolute Gasteiger partial charge is 0.245 e. The number of hydrogen-bond donors (Lipinski definition) is 1. The van der Waals surface area contributed by atoms with Gasteiger partial charge >= 0.3 is 0 Å². The molecule has 0 aliphatic carbocycles. The van der Waals surface area contributed by atoms with Crippen molar-refractivity contribution < 1.29 is 4.74 Å². The van der Waals surface area contributed by atoms with Crippen LogP contribution in [-0.4, -0.2) is 27.8 Å². The average Bonchev–Trinajstić information content (AvgIpc) is 2.42. The van der Waals surface area contributed by atoms with Gasteiger partial charge in [-0.3, -0.25) is 0 Å². The zero-order valence-electron chi connectivity index (χ0n) is 11.1. The van der Waals surface area contributed by atoms with Crippen LogP contribution >= 0.6 is 23.2 Å². The second-order valence-electron chi connectivity index (χ2n) is 4.39. The van der Waals surface area contributed by atoms with Crippen LogP contribution in [0.1, 0.15) is 12.5 Å². The highest BCUT2D eigenvalue weighted by molar-refractivity contribution is 6.32. The third-order valence-corrected chi connectivity index (χ3v) is 2.94. The second-order valence-corrected chi connectivity index (χ2v) is 5.09. The third kappa shape index (κ3) is 4.21. The summed E-state index contributed by atoms with van der Waals surface area (Å²) in [7, 11) is 0. The predicted octanol–water partition coefficient (Wildman–Crippen LogP) is 3.37. The van der Waals surface area contributed by atoms with Gasteiger partial charge in [0.05, 0.1) is 6.04 Å². The molecule has 106 valence electrons. The van der Waals surface area contributed by atoms with Crippen molar-refractivity contribution in [3.63, 3.8) is 0 Å². The van der Waals surface area contributed by atoms with Crippen LogP contribution in [0.4, 0.5) is 5.82 Å². The first-order valence-electron chi connectivity index (χ1n) is 6.06. The van der Waals surface area contributed by atoms with Crippen molar-refractivity contribution >= 4 is 29.0 Å². The number of halogens is 2. The fourth-order valence-electron chi connectivity index (χ4n) is 1.52. The Balaban J connectivity index is 1.90. The number of anilines is 1. The van der Waals surface area contributed by atoms with E-state index >= 15 is 0 Å². The Morgan fingerprint density at radius 3 is 2.60 bits per heavy atom. The number of aromatic nitrogens is 3. The van der Waals surface area contributed by atoms with Gasteiger partial charge in [0, 0.05) is 0 Å². The highest BCUT2D eigenvalue weighted by atomic mass is 35.5. The van der Waals surface area contributed by atoms with Crippen molar-refractivity contribution in [2.75, 3.05) is 11.9 Å². The number of nitrogens with one attached hydrogen (secondary N) is 1. The van der Waals surface area contributed by atoms with Crippen molar-refractivity contribution in [1.82, 2.24) is 15.2 Å². The van der Waals surface area contributed by atoms with Gasteiger partial charge in [0.1, 0.15) is 12.4 Å². The van der Waals surface area contributed by atoms with E-state index in [1.165, 1.54) is 5.56 Å². The van der Waals surface area contributed by atoms with Gasteiger partial charge in [0.15, 0.2) is 11.0 Å². The maximum absolute atomic E-state index is 5.88. The van der Waals surface area contributed by atoms with E-state index in [4.69, 9.17) is 27.9 Å². The van der Waals surface area contributed by atoms with Gasteiger partial charge in [0.2, 0.25) is 5.28 Å². The van der Waals surface area contributed by atoms with E-state index in [2.05, 4.69) is 20.5 Å². The summed E-state index contributed by atoms with van der Waals surface area (Å²) in [6.45, 7) is 4.43. The van der Waals surface area contributed by atoms with Crippen molar-refractivity contribution in [1.29, 1.82) is 0 Å². The molecule has 1 N–H and O–H groups in total. The van der Waals surface area contributed by atoms with Gasteiger partial charge in [0.25, 0.3) is 0 Å². The van der Waals surface area contributed by atoms with Crippen LogP contribution in [0.25, 0.3) is 0 Å². The van der Waals surface area contributed by atoms with Crippen LogP contribution in [0.5, 0.6) is 5.75 Å². The monoisotopic (exact) mass is 312 g/mol. The van der Waals surface area contributed by atoms with Crippen LogP contribution in [0.3, 0.4) is 0 Å². The van der Waals surface area contributed by atoms with Crippen LogP contribution in [-0.2, 0) is 0 Å². The number of nitrogens with zero attached hydrogens (tertiary/aromatic N) is 3. The first-order chi connectivity index (χ1) is 9.54. The molecular weight excluding hydrogens is 299 g/mol. The molecule has 1 heterocycles. The Hall–Kier alpha value is -1.59. The number of aryl methyl sites for hydroxylation is 1. The van der Waals surface area contributed by atoms with Gasteiger partial charge in [-0.25, -0.2) is 0 Å². The molecule has 20 heavy (non-hydrogen) atoms. The first kappa shape index (κ1) is 14.8. The van der Waals surface area contributed by atoms with Crippen molar-refractivity contribution in [2.45, 2.75) is 19.9 Å². The molecule has 1 atom stereocenters. The van der Waals surface area contributed by atoms with Gasteiger partial charge in [-0.15, -0.1) is 10.2 Å². The summed E-state index contributed by atoms with van der Waals surface area (Å²) in [5.41, 5.74) is 1.19. The summed E-state index contributed by atoms with van der Waals surface area (Å²) < 4.78 is 5.66. The standard InChI is InChI=1S/C13H14Cl2N4O/c1-8-3-5-10(6-4-8)20-7-9(2)16-12-11(14)18-19-13(15)17-12/h3-6,9H,7H2,1-2H3,(H,16,17,19). The summed E-state index contributed by atoms with van der Waals surface area (Å²) >= 11 is 11.6. The van der Waals surface area contributed by atoms with E-state index in [1.807, 2.05) is 38.1 Å². The maximum Gasteiger partial charge on any atom is 0.245 e. The minimum Gasteiger partial charge on any atom is -0.491 e. The molecule has 0 saturated carbocycles. The molecule has 0 amide bonds. The third-order valence-electron chi connectivity index (χ3n) is 2.52. The second kappa shape index (κ2) is 6.72. The van der Waals surface area contributed by atoms with E-state index in [0.29, 0.717) is 12.4 Å². The summed E-state index contributed by atoms with van der Waals surface area (Å²) in [6, 6.07) is 7.84. The molecule has 1 aromatic carbocycles. The van der Waals surface area contributed by atoms with Crippen molar-refractivity contribution in [3.8, 4) is 5.75 Å². The molecule has 0 aliphatic rings. The fourth-order valence-corrected chi connectivity index (χ4v) is 1.77. The fraction of sp³-hybridized carbons (Fsp3) is 0.308. The average molecular weight is 313 g/mol. The Labute approximate surface area is 127 Å². The molecule has 1 aromatic heterocycles. The Morgan fingerprint density at radius 1 is 1.20 bits per heavy atom. The van der Waals surface area contributed by atoms with E-state index in [0.717, 1.165) is 5.75 Å². The Kier molecular flexibility index (Phi) is 4.98. The zero-order valence-corrected chi connectivity index (χ0v) is 12.6. The predicted molar refractivity (Wildman–Crippen MR) is 79.6 cm³/mol. The van der Waals surface area contributed by atoms with Gasteiger partial charge in [-0.05, 0) is 37.6 Å². The molecule has 0 aliphatic heterocycles. The Morgan fingerprint density at radius 2 is 1.90 bits per heavy atom. The van der Waals surface area contributed by atoms with Crippen molar-refractivity contribution in [3.05, 3.63) is 40.3 Å². The first-order valence-corrected chi connectivity index (χ1v) is 6.82.